The molecule has 0 radical (unpaired) electrons. The highest BCUT2D eigenvalue weighted by molar-refractivity contribution is 9.28. The van der Waals surface area contributed by atoms with Crippen LogP contribution in [0.5, 0.6) is 11.5 Å². The number of hydrogen-bond acceptors (Lipinski definition) is 2. The van der Waals surface area contributed by atoms with Gasteiger partial charge in [-0.15, -0.1) is 0 Å². The minimum absolute atomic E-state index is 0.289. The number of rotatable bonds is 7. The summed E-state index contributed by atoms with van der Waals surface area (Å²) < 4.78 is 13.2. The van der Waals surface area contributed by atoms with Crippen molar-refractivity contribution in [1.29, 1.82) is 0 Å². The Bertz CT molecular complexity index is 753. The zero-order valence-corrected chi connectivity index (χ0v) is 19.2. The molecule has 2 rings (SSSR count). The van der Waals surface area contributed by atoms with E-state index in [2.05, 4.69) is 85.9 Å². The van der Waals surface area contributed by atoms with Gasteiger partial charge < -0.3 is 9.47 Å². The molecule has 0 spiro atoms. The van der Waals surface area contributed by atoms with Crippen LogP contribution >= 0.6 is 47.8 Å². The van der Waals surface area contributed by atoms with Gasteiger partial charge in [-0.2, -0.15) is 0 Å². The molecule has 1 atom stereocenters. The van der Waals surface area contributed by atoms with E-state index in [0.717, 1.165) is 19.4 Å². The first-order valence-electron chi connectivity index (χ1n) is 8.09. The van der Waals surface area contributed by atoms with E-state index in [-0.39, 0.29) is 5.92 Å². The molecule has 1 unspecified atom stereocenters. The second-order valence-corrected chi connectivity index (χ2v) is 9.29. The van der Waals surface area contributed by atoms with Gasteiger partial charge in [0.25, 0.3) is 0 Å². The first-order valence-corrected chi connectivity index (χ1v) is 10.5. The molecule has 0 aliphatic rings. The maximum Gasteiger partial charge on any atom is 0.133 e. The van der Waals surface area contributed by atoms with Gasteiger partial charge in [-0.05, 0) is 109 Å². The van der Waals surface area contributed by atoms with Crippen molar-refractivity contribution < 1.29 is 9.47 Å². The fourth-order valence-corrected chi connectivity index (χ4v) is 3.44. The van der Waals surface area contributed by atoms with Gasteiger partial charge in [0.05, 0.1) is 14.5 Å². The normalized spacial score (nSPS) is 11.8. The Kier molecular flexibility index (Phi) is 8.04. The van der Waals surface area contributed by atoms with E-state index >= 15 is 0 Å². The molecule has 0 saturated carbocycles. The number of ether oxygens (including phenoxy) is 2. The second kappa shape index (κ2) is 9.79. The average Bonchev–Trinajstić information content (AvgIpc) is 2.56. The lowest BCUT2D eigenvalue weighted by Crippen LogP contribution is -2.01. The van der Waals surface area contributed by atoms with Gasteiger partial charge in [-0.1, -0.05) is 19.1 Å². The summed E-state index contributed by atoms with van der Waals surface area (Å²) in [6, 6.07) is 12.6. The topological polar surface area (TPSA) is 18.5 Å². The van der Waals surface area contributed by atoms with Crippen LogP contribution in [0.3, 0.4) is 0 Å². The van der Waals surface area contributed by atoms with Gasteiger partial charge in [-0.3, -0.25) is 0 Å². The maximum atomic E-state index is 5.75. The smallest absolute Gasteiger partial charge is 0.133 e. The van der Waals surface area contributed by atoms with Crippen molar-refractivity contribution in [2.45, 2.75) is 26.7 Å². The van der Waals surface area contributed by atoms with Gasteiger partial charge >= 0.3 is 0 Å². The molecular weight excluding hydrogens is 512 g/mol. The van der Waals surface area contributed by atoms with Crippen LogP contribution in [0.15, 0.2) is 50.3 Å². The van der Waals surface area contributed by atoms with Crippen molar-refractivity contribution >= 4 is 47.8 Å². The summed E-state index contributed by atoms with van der Waals surface area (Å²) in [6.07, 6.45) is 1.91. The first-order chi connectivity index (χ1) is 11.9. The summed E-state index contributed by atoms with van der Waals surface area (Å²) in [5.41, 5.74) is 3.78. The Morgan fingerprint density at radius 1 is 1.12 bits per heavy atom. The molecule has 0 fully saturated rings. The highest BCUT2D eigenvalue weighted by atomic mass is 79.9. The van der Waals surface area contributed by atoms with Crippen LogP contribution in [-0.4, -0.2) is 13.2 Å². The largest absolute Gasteiger partial charge is 0.494 e. The van der Waals surface area contributed by atoms with Crippen LogP contribution in [0, 0.1) is 6.92 Å². The molecule has 0 amide bonds. The lowest BCUT2D eigenvalue weighted by Gasteiger charge is -2.17. The van der Waals surface area contributed by atoms with Crippen LogP contribution in [0.2, 0.25) is 0 Å². The Hall–Kier alpha value is -0.780. The third-order valence-electron chi connectivity index (χ3n) is 3.95. The Labute approximate surface area is 175 Å². The van der Waals surface area contributed by atoms with Crippen LogP contribution in [0.4, 0.5) is 0 Å². The Morgan fingerprint density at radius 3 is 2.48 bits per heavy atom. The summed E-state index contributed by atoms with van der Waals surface area (Å²) in [5.74, 6) is 2.04. The van der Waals surface area contributed by atoms with Crippen LogP contribution in [-0.2, 0) is 0 Å². The van der Waals surface area contributed by atoms with Gasteiger partial charge in [0.2, 0.25) is 0 Å². The van der Waals surface area contributed by atoms with E-state index in [1.807, 2.05) is 25.1 Å². The zero-order valence-electron chi connectivity index (χ0n) is 14.5. The van der Waals surface area contributed by atoms with E-state index < -0.39 is 0 Å². The standard InChI is InChI=1S/C20H21Br3O2/c1-4-24-16-6-7-17(13(2)11-16)14(3)15-5-8-19(18(21)12-15)25-10-9-20(22)23/h5-9,11-12,14H,4,10H2,1-3H3. The van der Waals surface area contributed by atoms with Crippen molar-refractivity contribution in [2.75, 3.05) is 13.2 Å². The summed E-state index contributed by atoms with van der Waals surface area (Å²) in [6.45, 7) is 7.53. The highest BCUT2D eigenvalue weighted by Gasteiger charge is 2.13. The van der Waals surface area contributed by atoms with Gasteiger partial charge in [0.1, 0.15) is 18.1 Å². The predicted molar refractivity (Wildman–Crippen MR) is 115 cm³/mol. The van der Waals surface area contributed by atoms with Crippen LogP contribution < -0.4 is 9.47 Å². The molecule has 0 heterocycles. The van der Waals surface area contributed by atoms with Crippen LogP contribution in [0.25, 0.3) is 0 Å². The highest BCUT2D eigenvalue weighted by Crippen LogP contribution is 2.34. The maximum absolute atomic E-state index is 5.75. The van der Waals surface area contributed by atoms with Crippen molar-refractivity contribution in [3.8, 4) is 11.5 Å². The predicted octanol–water partition coefficient (Wildman–Crippen LogP) is 7.32. The first kappa shape index (κ1) is 20.5. The minimum atomic E-state index is 0.289. The number of aryl methyl sites for hydroxylation is 1. The second-order valence-electron chi connectivity index (χ2n) is 5.67. The summed E-state index contributed by atoms with van der Waals surface area (Å²) in [7, 11) is 0. The number of halogens is 3. The SMILES string of the molecule is CCOc1ccc(C(C)c2ccc(OCC=C(Br)Br)c(Br)c2)c(C)c1. The average molecular weight is 533 g/mol. The van der Waals surface area contributed by atoms with E-state index in [1.54, 1.807) is 0 Å². The molecule has 0 aliphatic heterocycles. The number of benzene rings is 2. The van der Waals surface area contributed by atoms with Crippen molar-refractivity contribution in [2.24, 2.45) is 0 Å². The molecular formula is C20H21Br3O2. The summed E-state index contributed by atoms with van der Waals surface area (Å²) >= 11 is 10.3. The lowest BCUT2D eigenvalue weighted by atomic mass is 9.90. The Morgan fingerprint density at radius 2 is 1.88 bits per heavy atom. The zero-order chi connectivity index (χ0) is 18.4. The molecule has 0 bridgehead atoms. The van der Waals surface area contributed by atoms with Gasteiger partial charge in [-0.25, -0.2) is 0 Å². The fourth-order valence-electron chi connectivity index (χ4n) is 2.67. The van der Waals surface area contributed by atoms with Gasteiger partial charge in [0.15, 0.2) is 0 Å². The summed E-state index contributed by atoms with van der Waals surface area (Å²) in [5, 5.41) is 0. The van der Waals surface area contributed by atoms with E-state index in [0.29, 0.717) is 13.2 Å². The van der Waals surface area contributed by atoms with E-state index in [4.69, 9.17) is 9.47 Å². The molecule has 134 valence electrons. The molecule has 2 aromatic carbocycles. The summed E-state index contributed by atoms with van der Waals surface area (Å²) in [4.78, 5) is 0. The van der Waals surface area contributed by atoms with Crippen LogP contribution in [0.1, 0.15) is 36.5 Å². The molecule has 0 aliphatic carbocycles. The van der Waals surface area contributed by atoms with E-state index in [1.165, 1.54) is 16.7 Å². The van der Waals surface area contributed by atoms with Crippen molar-refractivity contribution in [3.05, 3.63) is 67.0 Å². The molecule has 0 aromatic heterocycles. The fraction of sp³-hybridized carbons (Fsp3) is 0.300. The van der Waals surface area contributed by atoms with Crippen molar-refractivity contribution in [1.82, 2.24) is 0 Å². The molecule has 0 N–H and O–H groups in total. The third kappa shape index (κ3) is 5.87. The third-order valence-corrected chi connectivity index (χ3v) is 5.22. The monoisotopic (exact) mass is 530 g/mol. The quantitative estimate of drug-likeness (QED) is 0.372. The van der Waals surface area contributed by atoms with Gasteiger partial charge in [0, 0.05) is 5.92 Å². The van der Waals surface area contributed by atoms with Crippen molar-refractivity contribution in [3.63, 3.8) is 0 Å². The molecule has 5 heteroatoms. The lowest BCUT2D eigenvalue weighted by molar-refractivity contribution is 0.340. The molecule has 2 nitrogen and oxygen atoms in total. The molecule has 25 heavy (non-hydrogen) atoms. The number of hydrogen-bond donors (Lipinski definition) is 0. The Balaban J connectivity index is 2.18. The molecule has 2 aromatic rings. The minimum Gasteiger partial charge on any atom is -0.494 e. The molecule has 0 saturated heterocycles. The van der Waals surface area contributed by atoms with E-state index in [9.17, 15) is 0 Å².